The van der Waals surface area contributed by atoms with Crippen molar-refractivity contribution in [2.45, 2.75) is 195 Å². The number of H-pyrrole nitrogens is 1. The summed E-state index contributed by atoms with van der Waals surface area (Å²) >= 11 is 17.8. The summed E-state index contributed by atoms with van der Waals surface area (Å²) in [4.78, 5) is 77.0. The number of imidazole rings is 2. The molecule has 9 aliphatic heterocycles. The van der Waals surface area contributed by atoms with E-state index >= 15 is 13.7 Å². The van der Waals surface area contributed by atoms with Gasteiger partial charge in [0.1, 0.15) is 113 Å². The van der Waals surface area contributed by atoms with Crippen LogP contribution in [-0.4, -0.2) is 203 Å². The molecule has 0 aliphatic carbocycles. The molecule has 0 radical (unpaired) electrons. The Morgan fingerprint density at radius 1 is 0.596 bits per heavy atom. The fourth-order valence-electron chi connectivity index (χ4n) is 15.0. The van der Waals surface area contributed by atoms with Gasteiger partial charge < -0.3 is 76.6 Å². The van der Waals surface area contributed by atoms with E-state index in [0.717, 1.165) is 4.57 Å². The third-order valence-electron chi connectivity index (χ3n) is 20.9. The first kappa shape index (κ1) is 78.5. The van der Waals surface area contributed by atoms with Crippen LogP contribution in [0.4, 0.5) is 23.4 Å². The Kier molecular flexibility index (Phi) is 20.6. The van der Waals surface area contributed by atoms with E-state index in [1.807, 2.05) is 0 Å². The predicted molar refractivity (Wildman–Crippen MR) is 393 cm³/mol. The average Bonchev–Trinajstić information content (AvgIpc) is 1.49. The number of nitrogens with one attached hydrogen (secondary N) is 1. The van der Waals surface area contributed by atoms with Gasteiger partial charge in [0.15, 0.2) is 41.3 Å². The van der Waals surface area contributed by atoms with Gasteiger partial charge in [-0.15, -0.1) is 0 Å². The number of anilines is 4. The van der Waals surface area contributed by atoms with Gasteiger partial charge in [-0.1, -0.05) is 62.5 Å². The monoisotopic (exact) mass is 1680 g/mol. The molecule has 9 unspecified atom stereocenters. The zero-order chi connectivity index (χ0) is 77.9. The number of nitrogen functional groups attached to an aromatic ring is 4. The van der Waals surface area contributed by atoms with Gasteiger partial charge in [0, 0.05) is 48.1 Å². The molecule has 8 fully saturated rings. The van der Waals surface area contributed by atoms with Gasteiger partial charge in [-0.25, -0.2) is 52.8 Å². The Morgan fingerprint density at radius 3 is 1.63 bits per heavy atom. The molecule has 15 heterocycles. The number of amidine groups is 1. The summed E-state index contributed by atoms with van der Waals surface area (Å²) < 4.78 is 167. The van der Waals surface area contributed by atoms with E-state index in [2.05, 4.69) is 100 Å². The Bertz CT molecular complexity index is 5120. The molecule has 25 atom stereocenters. The minimum Gasteiger partial charge on any atom is -0.387 e. The second kappa shape index (κ2) is 28.7. The number of fused-ring (bicyclic) bond motifs is 8. The maximum absolute atomic E-state index is 15.5. The van der Waals surface area contributed by atoms with Gasteiger partial charge in [0.05, 0.1) is 69.6 Å². The first-order chi connectivity index (χ1) is 51.3. The van der Waals surface area contributed by atoms with Crippen LogP contribution < -0.4 is 45.6 Å². The molecule has 6 bridgehead atoms. The number of ether oxygens (including phenoxy) is 8. The number of thiol groups is 4. The number of rotatable bonds is 26. The summed E-state index contributed by atoms with van der Waals surface area (Å²) in [5.41, 5.74) is 23.8. The largest absolute Gasteiger partial charge is 0.387 e. The van der Waals surface area contributed by atoms with Crippen molar-refractivity contribution in [3.8, 4) is 0 Å². The highest BCUT2D eigenvalue weighted by Crippen LogP contribution is 2.67. The summed E-state index contributed by atoms with van der Waals surface area (Å²) in [6, 6.07) is 0. The fourth-order valence-corrected chi connectivity index (χ4v) is 21.1. The number of aliphatic hydroxyl groups is 1. The van der Waals surface area contributed by atoms with Gasteiger partial charge in [-0.05, 0) is 48.0 Å². The van der Waals surface area contributed by atoms with Crippen LogP contribution in [-0.2, 0) is 92.3 Å². The van der Waals surface area contributed by atoms with Crippen molar-refractivity contribution >= 4 is 128 Å². The lowest BCUT2D eigenvalue weighted by Gasteiger charge is -2.40. The molecule has 592 valence electrons. The molecule has 8 saturated heterocycles. The normalized spacial score (nSPS) is 36.2. The van der Waals surface area contributed by atoms with Crippen molar-refractivity contribution in [2.75, 3.05) is 49.4 Å². The maximum Gasteiger partial charge on any atom is 0.386 e. The third kappa shape index (κ3) is 14.1. The fraction of sp³-hybridized carbons (Fsp3) is 0.603. The molecule has 51 heteroatoms. The molecule has 109 heavy (non-hydrogen) atoms. The molecular weight excluding hydrogens is 1600 g/mol. The predicted octanol–water partition coefficient (Wildman–Crippen LogP) is 3.56. The van der Waals surface area contributed by atoms with Crippen LogP contribution in [0.15, 0.2) is 74.9 Å². The number of nitrogens with two attached hydrogens (primary N) is 5. The SMILES string of the molecule is C=C1N=C(N)C(C)=CN1[C@@H]1O[C@]2(COP(=O)(S)OC3[C@@H]4O[C@@H](C)[C@]3(COP(=O)(S)OC3[C@@H]5O[C@@H](C)[C@]3(COP(=O)(S)OC3C[C@H](n6cc(C)c(N)nc6=O)O[C@@H]3COP(=O)(S)OC3C[C@H](n6cc(C)c(N)nc6=O)O[C@@H]3CC)O[C@H]5n3cnc5c(=O)[nH]c(N)nc53)O[C@H]4n3cnc4c(N)ncnc43)C(O)[C@@H]1O[C@H]2C. The summed E-state index contributed by atoms with van der Waals surface area (Å²) in [6.45, 7) is -6.40. The zero-order valence-corrected chi connectivity index (χ0v) is 65.8. The Morgan fingerprint density at radius 2 is 1.07 bits per heavy atom. The van der Waals surface area contributed by atoms with Crippen LogP contribution in [0.5, 0.6) is 0 Å². The summed E-state index contributed by atoms with van der Waals surface area (Å²) in [6.07, 6.45) is -13.2. The Balaban J connectivity index is 0.693. The number of aromatic nitrogens is 12. The highest BCUT2D eigenvalue weighted by Gasteiger charge is 2.72. The van der Waals surface area contributed by atoms with E-state index < -0.39 is 198 Å². The van der Waals surface area contributed by atoms with Crippen LogP contribution in [0.2, 0.25) is 0 Å². The smallest absolute Gasteiger partial charge is 0.386 e. The van der Waals surface area contributed by atoms with Gasteiger partial charge in [-0.2, -0.15) is 15.0 Å². The second-order valence-electron chi connectivity index (χ2n) is 27.5. The number of aryl methyl sites for hydroxylation is 2. The number of aromatic amines is 1. The van der Waals surface area contributed by atoms with E-state index in [1.165, 1.54) is 52.0 Å². The lowest BCUT2D eigenvalue weighted by Crippen LogP contribution is -2.52. The summed E-state index contributed by atoms with van der Waals surface area (Å²) in [5, 5.41) is 11.8. The summed E-state index contributed by atoms with van der Waals surface area (Å²) in [7, 11) is 0. The van der Waals surface area contributed by atoms with E-state index in [4.69, 9.17) is 103 Å². The molecule has 0 amide bonds. The van der Waals surface area contributed by atoms with Gasteiger partial charge in [0.2, 0.25) is 5.95 Å². The molecule has 12 N–H and O–H groups in total. The van der Waals surface area contributed by atoms with Crippen LogP contribution in [0.3, 0.4) is 0 Å². The molecule has 0 saturated carbocycles. The minimum atomic E-state index is -4.96. The topological polar surface area (TPSA) is 559 Å². The Hall–Kier alpha value is -5.75. The third-order valence-corrected chi connectivity index (χ3v) is 27.3. The van der Waals surface area contributed by atoms with E-state index in [1.54, 1.807) is 52.6 Å². The number of aliphatic hydroxyl groups excluding tert-OH is 1. The van der Waals surface area contributed by atoms with Crippen LogP contribution in [0.25, 0.3) is 22.3 Å². The van der Waals surface area contributed by atoms with Crippen molar-refractivity contribution in [1.82, 2.24) is 63.0 Å². The van der Waals surface area contributed by atoms with E-state index in [9.17, 15) is 24.1 Å². The quantitative estimate of drug-likeness (QED) is 0.0273. The zero-order valence-electron chi connectivity index (χ0n) is 58.6. The average molecular weight is 1680 g/mol. The molecule has 0 spiro atoms. The Labute approximate surface area is 638 Å². The molecule has 6 aromatic rings. The second-order valence-corrected chi connectivity index (χ2v) is 39.0. The lowest BCUT2D eigenvalue weighted by molar-refractivity contribution is -0.220. The van der Waals surface area contributed by atoms with Crippen LogP contribution in [0, 0.1) is 13.8 Å². The minimum absolute atomic E-state index is 0.00918. The van der Waals surface area contributed by atoms with Gasteiger partial charge >= 0.3 is 38.6 Å². The van der Waals surface area contributed by atoms with Crippen molar-refractivity contribution in [3.63, 3.8) is 0 Å². The molecule has 0 aromatic carbocycles. The van der Waals surface area contributed by atoms with Crippen molar-refractivity contribution in [3.05, 3.63) is 98.0 Å². The standard InChI is InChI=1S/C58H77N19O24P4S4/c1-9-29-30(10-33(93-29)74-13-23(3)44(60)69-54(74)80)98-102(82,106)86-15-32-31(11-34(94-32)75-14-24(4)45(61)70-55(75)81)99-103(83,107)88-17-57-26(6)92-39(52(97-57)77-21-67-36-48(77)71-53(63)72-49(36)79)42(57)101-105(85,109)89-18-58-27(7)91-38(51(96-58)76-20-66-35-46(62)64-19-65-47(35)76)41(58)100-104(84,108)87-16-56-25(5)90-37(40(56)78)50(95-56)73-12-22(2)43(59)68-28(73)8/h12-14,19-21,25-27,29-34,37-42,50-52,78H,8-11,15-18H2,1-7H3,(H2,59,68)(H,82,106)(H,83,107)(H,84,108)(H,85,109)(H2,60,69,80)(H2,61,70,81)(H2,62,64,65)(H3,63,71,72,79)/t25-,26-,27-,29+,30?,31?,32+,33+,34+,37-,38-,39-,40?,41?,42?,50+,51+,52+,56-,57-,58-,102?,103?,104?,105?/m0/s1. The number of aliphatic imine (C=N–C) groups is 1. The van der Waals surface area contributed by atoms with Crippen molar-refractivity contribution in [2.24, 2.45) is 10.7 Å². The van der Waals surface area contributed by atoms with E-state index in [-0.39, 0.29) is 70.2 Å². The number of hydrogen-bond donors (Lipinski definition) is 11. The highest BCUT2D eigenvalue weighted by atomic mass is 32.7. The highest BCUT2D eigenvalue weighted by molar-refractivity contribution is 8.45. The molecular formula is C58H77N19O24P4S4. The first-order valence-electron chi connectivity index (χ1n) is 33.8. The molecule has 15 rings (SSSR count). The van der Waals surface area contributed by atoms with Crippen molar-refractivity contribution < 1.29 is 97.5 Å². The van der Waals surface area contributed by atoms with Gasteiger partial charge in [-0.3, -0.25) is 64.2 Å². The van der Waals surface area contributed by atoms with Crippen LogP contribution >= 0.6 is 76.2 Å². The number of hydrogen-bond acceptors (Lipinski definition) is 38. The van der Waals surface area contributed by atoms with Crippen LogP contribution in [0.1, 0.15) is 89.9 Å². The maximum atomic E-state index is 15.5. The lowest BCUT2D eigenvalue weighted by atomic mass is 9.94. The van der Waals surface area contributed by atoms with Crippen molar-refractivity contribution in [1.29, 1.82) is 0 Å². The summed E-state index contributed by atoms with van der Waals surface area (Å²) in [5.74, 6) is 0.115. The molecule has 43 nitrogen and oxygen atoms in total. The molecule has 6 aromatic heterocycles. The first-order valence-corrected chi connectivity index (χ1v) is 44.6. The molecule has 9 aliphatic rings. The van der Waals surface area contributed by atoms with Gasteiger partial charge in [0.25, 0.3) is 5.56 Å². The van der Waals surface area contributed by atoms with E-state index in [0.29, 0.717) is 23.1 Å². The number of nitrogens with zero attached hydrogens (tertiary/aromatic N) is 13.